The predicted molar refractivity (Wildman–Crippen MR) is 104 cm³/mol. The quantitative estimate of drug-likeness (QED) is 0.703. The molecule has 0 spiro atoms. The number of anilines is 1. The van der Waals surface area contributed by atoms with E-state index in [1.54, 1.807) is 18.5 Å². The SMILES string of the molecule is O=C(CCn1cnc2ccccc2c1=O)N1CCN(c2ccncc2)CC1. The zero-order chi connectivity index (χ0) is 18.6. The minimum absolute atomic E-state index is 0.0736. The number of amides is 1. The van der Waals surface area contributed by atoms with Gasteiger partial charge in [0.05, 0.1) is 17.2 Å². The normalized spacial score (nSPS) is 14.5. The molecule has 1 fully saturated rings. The van der Waals surface area contributed by atoms with Gasteiger partial charge >= 0.3 is 0 Å². The van der Waals surface area contributed by atoms with Crippen molar-refractivity contribution in [3.05, 3.63) is 65.5 Å². The van der Waals surface area contributed by atoms with Crippen LogP contribution in [0.2, 0.25) is 0 Å². The van der Waals surface area contributed by atoms with Crippen LogP contribution in [0.1, 0.15) is 6.42 Å². The van der Waals surface area contributed by atoms with Gasteiger partial charge in [0, 0.05) is 57.2 Å². The third kappa shape index (κ3) is 3.67. The monoisotopic (exact) mass is 363 g/mol. The number of aryl methyl sites for hydroxylation is 1. The van der Waals surface area contributed by atoms with Crippen molar-refractivity contribution < 1.29 is 4.79 Å². The Morgan fingerprint density at radius 1 is 1.00 bits per heavy atom. The molecule has 0 saturated carbocycles. The minimum atomic E-state index is -0.101. The molecule has 3 heterocycles. The predicted octanol–water partition coefficient (Wildman–Crippen LogP) is 1.53. The van der Waals surface area contributed by atoms with Gasteiger partial charge in [-0.3, -0.25) is 19.1 Å². The van der Waals surface area contributed by atoms with Crippen molar-refractivity contribution >= 4 is 22.5 Å². The summed E-state index contributed by atoms with van der Waals surface area (Å²) in [7, 11) is 0. The number of aromatic nitrogens is 3. The van der Waals surface area contributed by atoms with Gasteiger partial charge in [-0.1, -0.05) is 12.1 Å². The summed E-state index contributed by atoms with van der Waals surface area (Å²) < 4.78 is 1.52. The second kappa shape index (κ2) is 7.57. The zero-order valence-electron chi connectivity index (χ0n) is 15.0. The van der Waals surface area contributed by atoms with Crippen molar-refractivity contribution in [2.75, 3.05) is 31.1 Å². The summed E-state index contributed by atoms with van der Waals surface area (Å²) in [6.07, 6.45) is 5.39. The molecule has 1 aliphatic heterocycles. The van der Waals surface area contributed by atoms with Gasteiger partial charge in [-0.15, -0.1) is 0 Å². The molecule has 0 unspecified atom stereocenters. The van der Waals surface area contributed by atoms with Crippen molar-refractivity contribution in [2.45, 2.75) is 13.0 Å². The third-order valence-corrected chi connectivity index (χ3v) is 4.96. The van der Waals surface area contributed by atoms with E-state index in [-0.39, 0.29) is 11.5 Å². The van der Waals surface area contributed by atoms with Crippen LogP contribution in [0, 0.1) is 0 Å². The second-order valence-electron chi connectivity index (χ2n) is 6.58. The fourth-order valence-corrected chi connectivity index (χ4v) is 3.41. The van der Waals surface area contributed by atoms with Crippen LogP contribution in [0.15, 0.2) is 59.9 Å². The molecule has 3 aromatic rings. The molecule has 7 nitrogen and oxygen atoms in total. The Hall–Kier alpha value is -3.22. The maximum absolute atomic E-state index is 12.6. The van der Waals surface area contributed by atoms with E-state index in [0.717, 1.165) is 18.8 Å². The molecule has 0 N–H and O–H groups in total. The summed E-state index contributed by atoms with van der Waals surface area (Å²) in [5.41, 5.74) is 1.71. The molecular formula is C20H21N5O2. The van der Waals surface area contributed by atoms with Gasteiger partial charge in [-0.05, 0) is 24.3 Å². The largest absolute Gasteiger partial charge is 0.368 e. The average molecular weight is 363 g/mol. The van der Waals surface area contributed by atoms with Gasteiger partial charge < -0.3 is 9.80 Å². The van der Waals surface area contributed by atoms with Crippen molar-refractivity contribution in [3.63, 3.8) is 0 Å². The first-order valence-corrected chi connectivity index (χ1v) is 9.09. The van der Waals surface area contributed by atoms with Gasteiger partial charge in [0.1, 0.15) is 0 Å². The first kappa shape index (κ1) is 17.2. The van der Waals surface area contributed by atoms with E-state index in [2.05, 4.69) is 14.9 Å². The highest BCUT2D eigenvalue weighted by Crippen LogP contribution is 2.15. The number of benzene rings is 1. The Morgan fingerprint density at radius 3 is 2.52 bits per heavy atom. The summed E-state index contributed by atoms with van der Waals surface area (Å²) in [5, 5.41) is 0.582. The summed E-state index contributed by atoms with van der Waals surface area (Å²) in [5.74, 6) is 0.0736. The zero-order valence-corrected chi connectivity index (χ0v) is 15.0. The fraction of sp³-hybridized carbons (Fsp3) is 0.300. The van der Waals surface area contributed by atoms with Gasteiger partial charge in [0.15, 0.2) is 0 Å². The lowest BCUT2D eigenvalue weighted by Crippen LogP contribution is -2.49. The number of hydrogen-bond acceptors (Lipinski definition) is 5. The molecule has 0 radical (unpaired) electrons. The summed E-state index contributed by atoms with van der Waals surface area (Å²) in [6.45, 7) is 3.32. The highest BCUT2D eigenvalue weighted by molar-refractivity contribution is 5.77. The van der Waals surface area contributed by atoms with Crippen LogP contribution >= 0.6 is 0 Å². The Labute approximate surface area is 156 Å². The van der Waals surface area contributed by atoms with E-state index >= 15 is 0 Å². The number of pyridine rings is 1. The molecule has 0 aliphatic carbocycles. The van der Waals surface area contributed by atoms with Gasteiger partial charge in [0.25, 0.3) is 5.56 Å². The second-order valence-corrected chi connectivity index (χ2v) is 6.58. The molecule has 1 saturated heterocycles. The number of carbonyl (C=O) groups excluding carboxylic acids is 1. The summed E-state index contributed by atoms with van der Waals surface area (Å²) in [6, 6.07) is 11.2. The fourth-order valence-electron chi connectivity index (χ4n) is 3.41. The topological polar surface area (TPSA) is 71.3 Å². The highest BCUT2D eigenvalue weighted by atomic mass is 16.2. The van der Waals surface area contributed by atoms with Crippen LogP contribution in [0.3, 0.4) is 0 Å². The van der Waals surface area contributed by atoms with Crippen LogP contribution in [0.4, 0.5) is 5.69 Å². The summed E-state index contributed by atoms with van der Waals surface area (Å²) in [4.78, 5) is 37.5. The Balaban J connectivity index is 1.35. The van der Waals surface area contributed by atoms with Crippen LogP contribution in [-0.2, 0) is 11.3 Å². The first-order valence-electron chi connectivity index (χ1n) is 9.09. The maximum Gasteiger partial charge on any atom is 0.261 e. The highest BCUT2D eigenvalue weighted by Gasteiger charge is 2.21. The Kier molecular flexibility index (Phi) is 4.82. The van der Waals surface area contributed by atoms with Crippen LogP contribution < -0.4 is 10.5 Å². The Bertz CT molecular complexity index is 994. The van der Waals surface area contributed by atoms with Gasteiger partial charge in [-0.25, -0.2) is 4.98 Å². The number of piperazine rings is 1. The van der Waals surface area contributed by atoms with Crippen molar-refractivity contribution in [1.29, 1.82) is 0 Å². The van der Waals surface area contributed by atoms with Crippen molar-refractivity contribution in [2.24, 2.45) is 0 Å². The molecule has 2 aromatic heterocycles. The third-order valence-electron chi connectivity index (χ3n) is 4.96. The number of para-hydroxylation sites is 1. The molecule has 0 bridgehead atoms. The Morgan fingerprint density at radius 2 is 1.74 bits per heavy atom. The lowest BCUT2D eigenvalue weighted by Gasteiger charge is -2.36. The molecule has 1 aromatic carbocycles. The first-order chi connectivity index (χ1) is 13.2. The molecular weight excluding hydrogens is 342 g/mol. The van der Waals surface area contributed by atoms with Crippen LogP contribution in [0.25, 0.3) is 10.9 Å². The lowest BCUT2D eigenvalue weighted by atomic mass is 10.2. The minimum Gasteiger partial charge on any atom is -0.368 e. The number of hydrogen-bond donors (Lipinski definition) is 0. The molecule has 7 heteroatoms. The standard InChI is InChI=1S/C20H21N5O2/c26-19(24-13-11-23(12-14-24)16-5-8-21-9-6-16)7-10-25-15-22-18-4-2-1-3-17(18)20(25)27/h1-6,8-9,15H,7,10-14H2. The average Bonchev–Trinajstić information content (AvgIpc) is 2.74. The van der Waals surface area contributed by atoms with Gasteiger partial charge in [0.2, 0.25) is 5.91 Å². The lowest BCUT2D eigenvalue weighted by molar-refractivity contribution is -0.131. The molecule has 138 valence electrons. The summed E-state index contributed by atoms with van der Waals surface area (Å²) >= 11 is 0. The molecule has 27 heavy (non-hydrogen) atoms. The maximum atomic E-state index is 12.6. The van der Waals surface area contributed by atoms with E-state index < -0.39 is 0 Å². The van der Waals surface area contributed by atoms with E-state index in [4.69, 9.17) is 0 Å². The van der Waals surface area contributed by atoms with E-state index in [1.807, 2.05) is 35.2 Å². The smallest absolute Gasteiger partial charge is 0.261 e. The molecule has 1 aliphatic rings. The molecule has 0 atom stereocenters. The number of nitrogens with zero attached hydrogens (tertiary/aromatic N) is 5. The van der Waals surface area contributed by atoms with E-state index in [1.165, 1.54) is 10.9 Å². The number of rotatable bonds is 4. The van der Waals surface area contributed by atoms with Crippen LogP contribution in [0.5, 0.6) is 0 Å². The molecule has 1 amide bonds. The van der Waals surface area contributed by atoms with E-state index in [0.29, 0.717) is 37.0 Å². The van der Waals surface area contributed by atoms with Crippen molar-refractivity contribution in [3.8, 4) is 0 Å². The number of fused-ring (bicyclic) bond motifs is 1. The number of carbonyl (C=O) groups is 1. The molecule has 4 rings (SSSR count). The van der Waals surface area contributed by atoms with Crippen LogP contribution in [-0.4, -0.2) is 51.5 Å². The van der Waals surface area contributed by atoms with Crippen molar-refractivity contribution in [1.82, 2.24) is 19.4 Å². The van der Waals surface area contributed by atoms with Gasteiger partial charge in [-0.2, -0.15) is 0 Å². The van der Waals surface area contributed by atoms with E-state index in [9.17, 15) is 9.59 Å².